The van der Waals surface area contributed by atoms with E-state index < -0.39 is 0 Å². The fourth-order valence-electron chi connectivity index (χ4n) is 3.01. The van der Waals surface area contributed by atoms with E-state index in [2.05, 4.69) is 20.9 Å². The molecule has 0 atom stereocenters. The maximum Gasteiger partial charge on any atom is 0.265 e. The zero-order valence-corrected chi connectivity index (χ0v) is 16.3. The van der Waals surface area contributed by atoms with Crippen molar-refractivity contribution < 1.29 is 4.74 Å². The average molecular weight is 421 g/mol. The van der Waals surface area contributed by atoms with Gasteiger partial charge in [-0.05, 0) is 55.0 Å². The maximum absolute atomic E-state index is 13.0. The molecule has 3 aromatic carbocycles. The number of rotatable bonds is 4. The molecule has 0 N–H and O–H groups in total. The van der Waals surface area contributed by atoms with Gasteiger partial charge in [-0.2, -0.15) is 0 Å². The van der Waals surface area contributed by atoms with Gasteiger partial charge in [0.2, 0.25) is 0 Å². The normalized spacial score (nSPS) is 10.9. The summed E-state index contributed by atoms with van der Waals surface area (Å²) in [6.07, 6.45) is 0. The number of fused-ring (bicyclic) bond motifs is 1. The van der Waals surface area contributed by atoms with Crippen molar-refractivity contribution in [2.45, 2.75) is 13.5 Å². The van der Waals surface area contributed by atoms with Crippen LogP contribution in [0.15, 0.2) is 82.1 Å². The van der Waals surface area contributed by atoms with Gasteiger partial charge in [0.1, 0.15) is 18.2 Å². The Balaban J connectivity index is 1.65. The topological polar surface area (TPSA) is 44.1 Å². The molecule has 5 heteroatoms. The molecule has 0 bridgehead atoms. The lowest BCUT2D eigenvalue weighted by Crippen LogP contribution is -2.22. The predicted molar refractivity (Wildman–Crippen MR) is 111 cm³/mol. The van der Waals surface area contributed by atoms with Crippen LogP contribution in [0.3, 0.4) is 0 Å². The van der Waals surface area contributed by atoms with Crippen molar-refractivity contribution in [3.8, 4) is 11.4 Å². The van der Waals surface area contributed by atoms with Crippen molar-refractivity contribution in [2.24, 2.45) is 0 Å². The Bertz CT molecular complexity index is 1150. The lowest BCUT2D eigenvalue weighted by atomic mass is 10.2. The van der Waals surface area contributed by atoms with Crippen LogP contribution in [0.1, 0.15) is 11.4 Å². The van der Waals surface area contributed by atoms with Gasteiger partial charge in [-0.3, -0.25) is 9.36 Å². The van der Waals surface area contributed by atoms with Gasteiger partial charge in [-0.15, -0.1) is 0 Å². The third kappa shape index (κ3) is 3.64. The highest BCUT2D eigenvalue weighted by Gasteiger charge is 2.10. The summed E-state index contributed by atoms with van der Waals surface area (Å²) in [5, 5.41) is 0.583. The SMILES string of the molecule is Cc1nc2ccc(Br)cc2c(=O)n1-c1ccc(OCc2ccccc2)cc1. The number of nitrogens with zero attached hydrogens (tertiary/aromatic N) is 2. The lowest BCUT2D eigenvalue weighted by Gasteiger charge is -2.12. The first-order valence-electron chi connectivity index (χ1n) is 8.58. The van der Waals surface area contributed by atoms with E-state index >= 15 is 0 Å². The molecular formula is C22H17BrN2O2. The van der Waals surface area contributed by atoms with E-state index in [1.165, 1.54) is 0 Å². The second-order valence-corrected chi connectivity index (χ2v) is 7.14. The molecule has 4 rings (SSSR count). The van der Waals surface area contributed by atoms with Gasteiger partial charge in [0.15, 0.2) is 0 Å². The second kappa shape index (κ2) is 7.37. The average Bonchev–Trinajstić information content (AvgIpc) is 2.69. The first kappa shape index (κ1) is 17.5. The molecular weight excluding hydrogens is 404 g/mol. The number of aromatic nitrogens is 2. The van der Waals surface area contributed by atoms with Gasteiger partial charge in [0, 0.05) is 4.47 Å². The quantitative estimate of drug-likeness (QED) is 0.464. The molecule has 4 aromatic rings. The monoisotopic (exact) mass is 420 g/mol. The molecule has 27 heavy (non-hydrogen) atoms. The predicted octanol–water partition coefficient (Wildman–Crippen LogP) is 5.04. The molecule has 1 aromatic heterocycles. The molecule has 0 unspecified atom stereocenters. The number of hydrogen-bond donors (Lipinski definition) is 0. The fourth-order valence-corrected chi connectivity index (χ4v) is 3.37. The highest BCUT2D eigenvalue weighted by molar-refractivity contribution is 9.10. The Morgan fingerprint density at radius 2 is 1.74 bits per heavy atom. The largest absolute Gasteiger partial charge is 0.489 e. The number of aryl methyl sites for hydroxylation is 1. The van der Waals surface area contributed by atoms with Crippen molar-refractivity contribution in [2.75, 3.05) is 0 Å². The smallest absolute Gasteiger partial charge is 0.265 e. The first-order valence-corrected chi connectivity index (χ1v) is 9.37. The lowest BCUT2D eigenvalue weighted by molar-refractivity contribution is 0.306. The summed E-state index contributed by atoms with van der Waals surface area (Å²) < 4.78 is 8.30. The van der Waals surface area contributed by atoms with Crippen LogP contribution in [0.25, 0.3) is 16.6 Å². The summed E-state index contributed by atoms with van der Waals surface area (Å²) in [5.41, 5.74) is 2.48. The number of halogens is 1. The van der Waals surface area contributed by atoms with Gasteiger partial charge in [-0.1, -0.05) is 46.3 Å². The number of benzene rings is 3. The van der Waals surface area contributed by atoms with Crippen LogP contribution in [0.5, 0.6) is 5.75 Å². The molecule has 0 spiro atoms. The summed E-state index contributed by atoms with van der Waals surface area (Å²) in [4.78, 5) is 17.5. The molecule has 0 fully saturated rings. The molecule has 0 aliphatic carbocycles. The minimum absolute atomic E-state index is 0.0863. The molecule has 4 nitrogen and oxygen atoms in total. The van der Waals surface area contributed by atoms with Gasteiger partial charge in [-0.25, -0.2) is 4.98 Å². The summed E-state index contributed by atoms with van der Waals surface area (Å²) in [6.45, 7) is 2.34. The van der Waals surface area contributed by atoms with Crippen LogP contribution >= 0.6 is 15.9 Å². The van der Waals surface area contributed by atoms with Crippen LogP contribution in [0, 0.1) is 6.92 Å². The summed E-state index contributed by atoms with van der Waals surface area (Å²) in [6, 6.07) is 23.0. The first-order chi connectivity index (χ1) is 13.1. The molecule has 0 radical (unpaired) electrons. The van der Waals surface area contributed by atoms with Crippen LogP contribution in [-0.4, -0.2) is 9.55 Å². The minimum Gasteiger partial charge on any atom is -0.489 e. The molecule has 0 aliphatic heterocycles. The molecule has 134 valence electrons. The summed E-state index contributed by atoms with van der Waals surface area (Å²) in [5.74, 6) is 1.40. The van der Waals surface area contributed by atoms with E-state index in [-0.39, 0.29) is 5.56 Å². The van der Waals surface area contributed by atoms with Gasteiger partial charge >= 0.3 is 0 Å². The van der Waals surface area contributed by atoms with E-state index in [4.69, 9.17) is 4.74 Å². The Kier molecular flexibility index (Phi) is 4.77. The molecule has 0 aliphatic rings. The molecule has 0 saturated heterocycles. The Labute approximate surface area is 165 Å². The van der Waals surface area contributed by atoms with Crippen LogP contribution in [0.2, 0.25) is 0 Å². The summed E-state index contributed by atoms with van der Waals surface area (Å²) in [7, 11) is 0. The van der Waals surface area contributed by atoms with Crippen LogP contribution in [0.4, 0.5) is 0 Å². The third-order valence-electron chi connectivity index (χ3n) is 4.34. The van der Waals surface area contributed by atoms with E-state index in [0.717, 1.165) is 21.5 Å². The van der Waals surface area contributed by atoms with Gasteiger partial charge in [0.05, 0.1) is 16.6 Å². The van der Waals surface area contributed by atoms with Crippen molar-refractivity contribution >= 4 is 26.8 Å². The fraction of sp³-hybridized carbons (Fsp3) is 0.0909. The summed E-state index contributed by atoms with van der Waals surface area (Å²) >= 11 is 3.42. The maximum atomic E-state index is 13.0. The van der Waals surface area contributed by atoms with Crippen molar-refractivity contribution in [1.82, 2.24) is 9.55 Å². The van der Waals surface area contributed by atoms with Crippen molar-refractivity contribution in [3.05, 3.63) is 99.0 Å². The van der Waals surface area contributed by atoms with Gasteiger partial charge < -0.3 is 4.74 Å². The number of hydrogen-bond acceptors (Lipinski definition) is 3. The van der Waals surface area contributed by atoms with Gasteiger partial charge in [0.25, 0.3) is 5.56 Å². The Morgan fingerprint density at radius 3 is 2.48 bits per heavy atom. The van der Waals surface area contributed by atoms with Crippen LogP contribution in [-0.2, 0) is 6.61 Å². The van der Waals surface area contributed by atoms with E-state index in [1.54, 1.807) is 10.6 Å². The van der Waals surface area contributed by atoms with Crippen molar-refractivity contribution in [3.63, 3.8) is 0 Å². The van der Waals surface area contributed by atoms with E-state index in [0.29, 0.717) is 23.3 Å². The molecule has 0 amide bonds. The zero-order valence-electron chi connectivity index (χ0n) is 14.7. The zero-order chi connectivity index (χ0) is 18.8. The molecule has 0 saturated carbocycles. The van der Waals surface area contributed by atoms with Crippen molar-refractivity contribution in [1.29, 1.82) is 0 Å². The van der Waals surface area contributed by atoms with Crippen LogP contribution < -0.4 is 10.3 Å². The standard InChI is InChI=1S/C22H17BrN2O2/c1-15-24-21-12-7-17(23)13-20(21)22(26)25(15)18-8-10-19(11-9-18)27-14-16-5-3-2-4-6-16/h2-13H,14H2,1H3. The molecule has 1 heterocycles. The third-order valence-corrected chi connectivity index (χ3v) is 4.83. The minimum atomic E-state index is -0.0863. The Morgan fingerprint density at radius 1 is 1.00 bits per heavy atom. The van der Waals surface area contributed by atoms with E-state index in [9.17, 15) is 4.79 Å². The van der Waals surface area contributed by atoms with E-state index in [1.807, 2.05) is 73.7 Å². The second-order valence-electron chi connectivity index (χ2n) is 6.23. The highest BCUT2D eigenvalue weighted by atomic mass is 79.9. The highest BCUT2D eigenvalue weighted by Crippen LogP contribution is 2.20. The Hall–Kier alpha value is -2.92. The number of ether oxygens (including phenoxy) is 1.